The van der Waals surface area contributed by atoms with Gasteiger partial charge in [0.05, 0.1) is 12.2 Å². The topological polar surface area (TPSA) is 49.2 Å². The van der Waals surface area contributed by atoms with Gasteiger partial charge in [-0.3, -0.25) is 0 Å². The Hall–Kier alpha value is -2.82. The highest BCUT2D eigenvalue weighted by molar-refractivity contribution is 5.44. The van der Waals surface area contributed by atoms with Crippen LogP contribution in [-0.2, 0) is 13.0 Å². The van der Waals surface area contributed by atoms with E-state index in [4.69, 9.17) is 9.47 Å². The predicted molar refractivity (Wildman–Crippen MR) is 90.3 cm³/mol. The SMILES string of the molecule is C[C@@H](Cc1cn(Cc2ccc3c(c2)OCO3)nn1)c1ccccc1. The van der Waals surface area contributed by atoms with Gasteiger partial charge in [0, 0.05) is 6.20 Å². The Morgan fingerprint density at radius 1 is 1.08 bits per heavy atom. The van der Waals surface area contributed by atoms with Crippen LogP contribution in [0.1, 0.15) is 29.7 Å². The van der Waals surface area contributed by atoms with Crippen LogP contribution in [0.2, 0.25) is 0 Å². The second-order valence-corrected chi connectivity index (χ2v) is 6.11. The van der Waals surface area contributed by atoms with Gasteiger partial charge in [-0.15, -0.1) is 5.10 Å². The average Bonchev–Trinajstić information content (AvgIpc) is 3.24. The van der Waals surface area contributed by atoms with Crippen molar-refractivity contribution >= 4 is 0 Å². The summed E-state index contributed by atoms with van der Waals surface area (Å²) in [7, 11) is 0. The summed E-state index contributed by atoms with van der Waals surface area (Å²) >= 11 is 0. The molecule has 2 aromatic carbocycles. The van der Waals surface area contributed by atoms with Crippen molar-refractivity contribution in [2.75, 3.05) is 6.79 Å². The van der Waals surface area contributed by atoms with E-state index >= 15 is 0 Å². The zero-order valence-corrected chi connectivity index (χ0v) is 13.6. The lowest BCUT2D eigenvalue weighted by Gasteiger charge is -2.09. The summed E-state index contributed by atoms with van der Waals surface area (Å²) in [6, 6.07) is 16.5. The molecule has 0 spiro atoms. The lowest BCUT2D eigenvalue weighted by Crippen LogP contribution is -2.00. The molecule has 4 rings (SSSR count). The normalized spacial score (nSPS) is 13.9. The lowest BCUT2D eigenvalue weighted by atomic mass is 9.97. The molecule has 1 aliphatic rings. The van der Waals surface area contributed by atoms with Crippen LogP contribution in [0.5, 0.6) is 11.5 Å². The molecule has 0 radical (unpaired) electrons. The van der Waals surface area contributed by atoms with Crippen molar-refractivity contribution in [3.63, 3.8) is 0 Å². The van der Waals surface area contributed by atoms with Gasteiger partial charge in [0.2, 0.25) is 6.79 Å². The highest BCUT2D eigenvalue weighted by atomic mass is 16.7. The molecule has 1 aliphatic heterocycles. The summed E-state index contributed by atoms with van der Waals surface area (Å²) in [5.74, 6) is 2.02. The molecular formula is C19H19N3O2. The number of nitrogens with zero attached hydrogens (tertiary/aromatic N) is 3. The minimum atomic E-state index is 0.295. The fraction of sp³-hybridized carbons (Fsp3) is 0.263. The third kappa shape index (κ3) is 3.11. The Labute approximate surface area is 140 Å². The monoisotopic (exact) mass is 321 g/mol. The molecule has 0 saturated heterocycles. The Kier molecular flexibility index (Phi) is 3.91. The van der Waals surface area contributed by atoms with Gasteiger partial charge in [0.1, 0.15) is 0 Å². The van der Waals surface area contributed by atoms with Crippen molar-refractivity contribution in [2.45, 2.75) is 25.8 Å². The van der Waals surface area contributed by atoms with Gasteiger partial charge in [-0.05, 0) is 35.6 Å². The zero-order chi connectivity index (χ0) is 16.4. The lowest BCUT2D eigenvalue weighted by molar-refractivity contribution is 0.174. The molecule has 24 heavy (non-hydrogen) atoms. The molecule has 0 amide bonds. The number of hydrogen-bond donors (Lipinski definition) is 0. The maximum atomic E-state index is 5.42. The summed E-state index contributed by atoms with van der Waals surface area (Å²) in [4.78, 5) is 0. The number of rotatable bonds is 5. The van der Waals surface area contributed by atoms with Gasteiger partial charge >= 0.3 is 0 Å². The van der Waals surface area contributed by atoms with E-state index < -0.39 is 0 Å². The van der Waals surface area contributed by atoms with E-state index in [-0.39, 0.29) is 0 Å². The van der Waals surface area contributed by atoms with Crippen LogP contribution in [0.25, 0.3) is 0 Å². The number of fused-ring (bicyclic) bond motifs is 1. The van der Waals surface area contributed by atoms with Crippen LogP contribution < -0.4 is 9.47 Å². The standard InChI is InChI=1S/C19H19N3O2/c1-14(16-5-3-2-4-6-16)9-17-12-22(21-20-17)11-15-7-8-18-19(10-15)24-13-23-18/h2-8,10,12,14H,9,11,13H2,1H3/t14-/m0/s1. The van der Waals surface area contributed by atoms with Crippen molar-refractivity contribution < 1.29 is 9.47 Å². The third-order valence-electron chi connectivity index (χ3n) is 4.25. The predicted octanol–water partition coefficient (Wildman–Crippen LogP) is 3.40. The molecule has 0 aliphatic carbocycles. The summed E-state index contributed by atoms with van der Waals surface area (Å²) < 4.78 is 12.6. The van der Waals surface area contributed by atoms with E-state index in [0.29, 0.717) is 19.3 Å². The minimum Gasteiger partial charge on any atom is -0.454 e. The molecular weight excluding hydrogens is 302 g/mol. The first-order valence-electron chi connectivity index (χ1n) is 8.10. The van der Waals surface area contributed by atoms with Gasteiger partial charge in [-0.1, -0.05) is 48.5 Å². The molecule has 0 saturated carbocycles. The molecule has 5 heteroatoms. The second kappa shape index (κ2) is 6.35. The van der Waals surface area contributed by atoms with Gasteiger partial charge in [-0.2, -0.15) is 0 Å². The molecule has 0 N–H and O–H groups in total. The van der Waals surface area contributed by atoms with Gasteiger partial charge < -0.3 is 9.47 Å². The first-order chi connectivity index (χ1) is 11.8. The van der Waals surface area contributed by atoms with Crippen LogP contribution in [0.3, 0.4) is 0 Å². The Morgan fingerprint density at radius 2 is 1.92 bits per heavy atom. The van der Waals surface area contributed by atoms with E-state index in [0.717, 1.165) is 29.2 Å². The fourth-order valence-corrected chi connectivity index (χ4v) is 2.95. The largest absolute Gasteiger partial charge is 0.454 e. The molecule has 3 aromatic rings. The summed E-state index contributed by atoms with van der Waals surface area (Å²) in [6.45, 7) is 3.18. The Bertz CT molecular complexity index is 830. The molecule has 0 fully saturated rings. The third-order valence-corrected chi connectivity index (χ3v) is 4.25. The molecule has 1 aromatic heterocycles. The van der Waals surface area contributed by atoms with Crippen molar-refractivity contribution in [2.24, 2.45) is 0 Å². The minimum absolute atomic E-state index is 0.295. The maximum absolute atomic E-state index is 5.42. The smallest absolute Gasteiger partial charge is 0.231 e. The van der Waals surface area contributed by atoms with Crippen LogP contribution in [0.15, 0.2) is 54.7 Å². The quantitative estimate of drug-likeness (QED) is 0.722. The van der Waals surface area contributed by atoms with Gasteiger partial charge in [-0.25, -0.2) is 4.68 Å². The first kappa shape index (κ1) is 14.8. The molecule has 1 atom stereocenters. The number of ether oxygens (including phenoxy) is 2. The van der Waals surface area contributed by atoms with Crippen LogP contribution in [0.4, 0.5) is 0 Å². The maximum Gasteiger partial charge on any atom is 0.231 e. The van der Waals surface area contributed by atoms with Crippen molar-refractivity contribution in [1.82, 2.24) is 15.0 Å². The van der Waals surface area contributed by atoms with Crippen LogP contribution >= 0.6 is 0 Å². The summed E-state index contributed by atoms with van der Waals surface area (Å²) in [6.07, 6.45) is 2.90. The molecule has 0 unspecified atom stereocenters. The van der Waals surface area contributed by atoms with Crippen molar-refractivity contribution in [1.29, 1.82) is 0 Å². The number of hydrogen-bond acceptors (Lipinski definition) is 4. The fourth-order valence-electron chi connectivity index (χ4n) is 2.95. The molecule has 0 bridgehead atoms. The van der Waals surface area contributed by atoms with E-state index in [1.807, 2.05) is 35.1 Å². The van der Waals surface area contributed by atoms with Crippen LogP contribution in [0, 0.1) is 0 Å². The van der Waals surface area contributed by atoms with E-state index in [1.54, 1.807) is 0 Å². The van der Waals surface area contributed by atoms with E-state index in [9.17, 15) is 0 Å². The summed E-state index contributed by atoms with van der Waals surface area (Å²) in [5.41, 5.74) is 3.45. The second-order valence-electron chi connectivity index (χ2n) is 6.11. The van der Waals surface area contributed by atoms with E-state index in [2.05, 4.69) is 41.5 Å². The molecule has 2 heterocycles. The summed E-state index contributed by atoms with van der Waals surface area (Å²) in [5, 5.41) is 8.55. The zero-order valence-electron chi connectivity index (χ0n) is 13.6. The molecule has 5 nitrogen and oxygen atoms in total. The van der Waals surface area contributed by atoms with Gasteiger partial charge in [0.25, 0.3) is 0 Å². The van der Waals surface area contributed by atoms with Crippen molar-refractivity contribution in [3.05, 3.63) is 71.5 Å². The highest BCUT2D eigenvalue weighted by Gasteiger charge is 2.14. The highest BCUT2D eigenvalue weighted by Crippen LogP contribution is 2.32. The van der Waals surface area contributed by atoms with Gasteiger partial charge in [0.15, 0.2) is 11.5 Å². The Morgan fingerprint density at radius 3 is 2.79 bits per heavy atom. The average molecular weight is 321 g/mol. The Balaban J connectivity index is 1.43. The van der Waals surface area contributed by atoms with Crippen molar-refractivity contribution in [3.8, 4) is 11.5 Å². The number of benzene rings is 2. The number of aromatic nitrogens is 3. The first-order valence-corrected chi connectivity index (χ1v) is 8.10. The molecule has 122 valence electrons. The van der Waals surface area contributed by atoms with Crippen LogP contribution in [-0.4, -0.2) is 21.8 Å². The van der Waals surface area contributed by atoms with E-state index in [1.165, 1.54) is 5.56 Å².